The minimum absolute atomic E-state index is 0.241. The number of rotatable bonds is 1. The molecule has 0 atom stereocenters. The molecule has 4 heteroatoms. The zero-order valence-corrected chi connectivity index (χ0v) is 5.65. The van der Waals surface area contributed by atoms with E-state index in [0.717, 1.165) is 0 Å². The molecule has 0 aromatic carbocycles. The Morgan fingerprint density at radius 2 is 2.36 bits per heavy atom. The van der Waals surface area contributed by atoms with Crippen LogP contribution in [0.15, 0.2) is 12.4 Å². The molecule has 0 aliphatic carbocycles. The second kappa shape index (κ2) is 3.28. The molecule has 0 aliphatic rings. The van der Waals surface area contributed by atoms with E-state index < -0.39 is 0 Å². The molecule has 0 aliphatic heterocycles. The molecule has 1 heterocycles. The summed E-state index contributed by atoms with van der Waals surface area (Å²) in [6, 6.07) is 1.94. The summed E-state index contributed by atoms with van der Waals surface area (Å²) < 4.78 is 0. The van der Waals surface area contributed by atoms with E-state index in [1.54, 1.807) is 0 Å². The molecule has 11 heavy (non-hydrogen) atoms. The second-order valence-corrected chi connectivity index (χ2v) is 1.81. The Hall–Kier alpha value is -1.94. The van der Waals surface area contributed by atoms with Crippen molar-refractivity contribution in [1.82, 2.24) is 9.97 Å². The predicted octanol–water partition coefficient (Wildman–Crippen LogP) is 1.09. The van der Waals surface area contributed by atoms with Crippen LogP contribution in [-0.4, -0.2) is 9.97 Å². The van der Waals surface area contributed by atoms with Gasteiger partial charge in [-0.2, -0.15) is 5.26 Å². The smallest absolute Gasteiger partial charge is 0.287 e. The molecule has 0 unspecified atom stereocenters. The molecule has 4 nitrogen and oxygen atoms in total. The molecule has 1 aromatic heterocycles. The van der Waals surface area contributed by atoms with Gasteiger partial charge in [-0.1, -0.05) is 6.57 Å². The van der Waals surface area contributed by atoms with Gasteiger partial charge in [-0.15, -0.1) is 4.98 Å². The van der Waals surface area contributed by atoms with Crippen LogP contribution in [0.3, 0.4) is 0 Å². The SMILES string of the molecule is [C-]#[N+]c1cnc(CC#N)cn1. The predicted molar refractivity (Wildman–Crippen MR) is 37.6 cm³/mol. The third-order valence-corrected chi connectivity index (χ3v) is 1.07. The van der Waals surface area contributed by atoms with E-state index in [0.29, 0.717) is 5.69 Å². The highest BCUT2D eigenvalue weighted by Crippen LogP contribution is 2.03. The van der Waals surface area contributed by atoms with Crippen LogP contribution in [0.2, 0.25) is 0 Å². The zero-order valence-electron chi connectivity index (χ0n) is 5.65. The summed E-state index contributed by atoms with van der Waals surface area (Å²) in [6.07, 6.45) is 3.04. The molecular formula is C7H4N4. The number of aromatic nitrogens is 2. The van der Waals surface area contributed by atoms with Crippen molar-refractivity contribution in [2.75, 3.05) is 0 Å². The number of nitrogens with zero attached hydrogens (tertiary/aromatic N) is 4. The maximum absolute atomic E-state index is 8.27. The summed E-state index contributed by atoms with van der Waals surface area (Å²) in [4.78, 5) is 10.7. The van der Waals surface area contributed by atoms with Crippen molar-refractivity contribution >= 4 is 5.82 Å². The average Bonchev–Trinajstić information content (AvgIpc) is 2.07. The third kappa shape index (κ3) is 1.74. The molecule has 0 N–H and O–H groups in total. The molecule has 1 aromatic rings. The van der Waals surface area contributed by atoms with E-state index in [1.807, 2.05) is 6.07 Å². The summed E-state index contributed by atoms with van der Waals surface area (Å²) in [5.41, 5.74) is 0.597. The van der Waals surface area contributed by atoms with Crippen molar-refractivity contribution < 1.29 is 0 Å². The van der Waals surface area contributed by atoms with Gasteiger partial charge < -0.3 is 4.85 Å². The summed E-state index contributed by atoms with van der Waals surface area (Å²) in [5.74, 6) is 0.256. The highest BCUT2D eigenvalue weighted by atomic mass is 14.9. The van der Waals surface area contributed by atoms with Gasteiger partial charge in [-0.05, 0) is 0 Å². The second-order valence-electron chi connectivity index (χ2n) is 1.81. The van der Waals surface area contributed by atoms with Crippen LogP contribution in [0.5, 0.6) is 0 Å². The zero-order chi connectivity index (χ0) is 8.10. The van der Waals surface area contributed by atoms with Gasteiger partial charge in [0.25, 0.3) is 5.82 Å². The first-order valence-corrected chi connectivity index (χ1v) is 2.92. The van der Waals surface area contributed by atoms with E-state index in [-0.39, 0.29) is 12.2 Å². The van der Waals surface area contributed by atoms with E-state index in [1.165, 1.54) is 12.4 Å². The fraction of sp³-hybridized carbons (Fsp3) is 0.143. The Balaban J connectivity index is 2.87. The highest BCUT2D eigenvalue weighted by molar-refractivity contribution is 5.31. The van der Waals surface area contributed by atoms with Crippen LogP contribution in [-0.2, 0) is 6.42 Å². The van der Waals surface area contributed by atoms with E-state index in [2.05, 4.69) is 14.8 Å². The van der Waals surface area contributed by atoms with Crippen LogP contribution in [0.1, 0.15) is 5.69 Å². The average molecular weight is 144 g/mol. The van der Waals surface area contributed by atoms with Gasteiger partial charge in [0.05, 0.1) is 24.4 Å². The van der Waals surface area contributed by atoms with Gasteiger partial charge in [0.15, 0.2) is 0 Å². The highest BCUT2D eigenvalue weighted by Gasteiger charge is 1.96. The van der Waals surface area contributed by atoms with Gasteiger partial charge in [0.2, 0.25) is 0 Å². The van der Waals surface area contributed by atoms with Gasteiger partial charge in [0, 0.05) is 0 Å². The Kier molecular flexibility index (Phi) is 2.14. The molecule has 0 bridgehead atoms. The third-order valence-electron chi connectivity index (χ3n) is 1.07. The first-order valence-electron chi connectivity index (χ1n) is 2.92. The summed E-state index contributed by atoms with van der Waals surface area (Å²) in [6.45, 7) is 6.57. The van der Waals surface area contributed by atoms with Crippen molar-refractivity contribution in [2.45, 2.75) is 6.42 Å². The van der Waals surface area contributed by atoms with Crippen LogP contribution in [0.25, 0.3) is 4.85 Å². The van der Waals surface area contributed by atoms with Crippen molar-refractivity contribution in [1.29, 1.82) is 5.26 Å². The van der Waals surface area contributed by atoms with Crippen LogP contribution in [0, 0.1) is 17.9 Å². The van der Waals surface area contributed by atoms with Crippen molar-refractivity contribution in [3.63, 3.8) is 0 Å². The van der Waals surface area contributed by atoms with Crippen LogP contribution in [0.4, 0.5) is 5.82 Å². The minimum atomic E-state index is 0.241. The largest absolute Gasteiger partial charge is 0.359 e. The lowest BCUT2D eigenvalue weighted by atomic mass is 10.3. The first kappa shape index (κ1) is 7.17. The van der Waals surface area contributed by atoms with Crippen molar-refractivity contribution in [2.24, 2.45) is 0 Å². The molecule has 0 saturated heterocycles. The van der Waals surface area contributed by atoms with Crippen LogP contribution < -0.4 is 0 Å². The monoisotopic (exact) mass is 144 g/mol. The number of hydrogen-bond donors (Lipinski definition) is 0. The topological polar surface area (TPSA) is 53.9 Å². The van der Waals surface area contributed by atoms with E-state index >= 15 is 0 Å². The fourth-order valence-electron chi connectivity index (χ4n) is 0.578. The molecular weight excluding hydrogens is 140 g/mol. The number of hydrogen-bond acceptors (Lipinski definition) is 3. The van der Waals surface area contributed by atoms with Gasteiger partial charge >= 0.3 is 0 Å². The molecule has 0 fully saturated rings. The van der Waals surface area contributed by atoms with Gasteiger partial charge in [-0.3, -0.25) is 4.98 Å². The lowest BCUT2D eigenvalue weighted by molar-refractivity contribution is 1.07. The molecule has 0 spiro atoms. The lowest BCUT2D eigenvalue weighted by Gasteiger charge is -1.88. The maximum Gasteiger partial charge on any atom is 0.287 e. The molecule has 1 rings (SSSR count). The van der Waals surface area contributed by atoms with Crippen molar-refractivity contribution in [3.05, 3.63) is 29.5 Å². The Morgan fingerprint density at radius 1 is 1.55 bits per heavy atom. The van der Waals surface area contributed by atoms with Crippen LogP contribution >= 0.6 is 0 Å². The Labute approximate surface area is 64.0 Å². The normalized spacial score (nSPS) is 8.18. The minimum Gasteiger partial charge on any atom is -0.359 e. The van der Waals surface area contributed by atoms with Crippen molar-refractivity contribution in [3.8, 4) is 6.07 Å². The van der Waals surface area contributed by atoms with E-state index in [9.17, 15) is 0 Å². The first-order chi connectivity index (χ1) is 5.36. The molecule has 0 amide bonds. The summed E-state index contributed by atoms with van der Waals surface area (Å²) in [7, 11) is 0. The Bertz CT molecular complexity index is 314. The molecule has 0 saturated carbocycles. The Morgan fingerprint density at radius 3 is 2.82 bits per heavy atom. The molecule has 52 valence electrons. The maximum atomic E-state index is 8.27. The fourth-order valence-corrected chi connectivity index (χ4v) is 0.578. The number of nitriles is 1. The summed E-state index contributed by atoms with van der Waals surface area (Å²) >= 11 is 0. The summed E-state index contributed by atoms with van der Waals surface area (Å²) in [5, 5.41) is 8.27. The quantitative estimate of drug-likeness (QED) is 0.554. The van der Waals surface area contributed by atoms with E-state index in [4.69, 9.17) is 11.8 Å². The lowest BCUT2D eigenvalue weighted by Crippen LogP contribution is -1.87. The van der Waals surface area contributed by atoms with Gasteiger partial charge in [-0.25, -0.2) is 0 Å². The molecule has 0 radical (unpaired) electrons. The van der Waals surface area contributed by atoms with Gasteiger partial charge in [0.1, 0.15) is 6.20 Å². The standard InChI is InChI=1S/C7H4N4/c1-9-7-5-10-6(2-3-8)4-11-7/h4-5H,2H2.